The number of alkyl halides is 3. The summed E-state index contributed by atoms with van der Waals surface area (Å²) in [4.78, 5) is 0. The molecule has 0 saturated carbocycles. The molecule has 1 aromatic carbocycles. The molecule has 0 aliphatic heterocycles. The largest absolute Gasteiger partial charge is 0.416 e. The van der Waals surface area contributed by atoms with Crippen LogP contribution in [0.3, 0.4) is 0 Å². The van der Waals surface area contributed by atoms with Crippen LogP contribution in [0.5, 0.6) is 0 Å². The van der Waals surface area contributed by atoms with Crippen LogP contribution in [0.4, 0.5) is 18.9 Å². The van der Waals surface area contributed by atoms with E-state index in [1.807, 2.05) is 13.8 Å². The summed E-state index contributed by atoms with van der Waals surface area (Å²) in [5.74, 6) is 0. The van der Waals surface area contributed by atoms with E-state index in [9.17, 15) is 13.2 Å². The predicted octanol–water partition coefficient (Wildman–Crippen LogP) is 3.93. The van der Waals surface area contributed by atoms with E-state index in [4.69, 9.17) is 0 Å². The van der Waals surface area contributed by atoms with Gasteiger partial charge in [0.15, 0.2) is 0 Å². The summed E-state index contributed by atoms with van der Waals surface area (Å²) < 4.78 is 37.0. The van der Waals surface area contributed by atoms with Gasteiger partial charge in [-0.05, 0) is 37.6 Å². The Morgan fingerprint density at radius 1 is 1.24 bits per heavy atom. The maximum Gasteiger partial charge on any atom is 0.416 e. The van der Waals surface area contributed by atoms with Crippen LogP contribution in [0.15, 0.2) is 29.4 Å². The smallest absolute Gasteiger partial charge is 0.269 e. The number of nitrogens with zero attached hydrogens (tertiary/aromatic N) is 2. The molecule has 0 radical (unpaired) electrons. The summed E-state index contributed by atoms with van der Waals surface area (Å²) in [7, 11) is 1.71. The second-order valence-corrected chi connectivity index (χ2v) is 3.76. The third-order valence-corrected chi connectivity index (χ3v) is 2.40. The normalized spacial score (nSPS) is 12.7. The SMILES string of the molecule is CC/C(C)=N\N(C)c1ccc(C(F)(F)F)cc1. The van der Waals surface area contributed by atoms with Crippen molar-refractivity contribution in [2.24, 2.45) is 5.10 Å². The maximum atomic E-state index is 12.3. The predicted molar refractivity (Wildman–Crippen MR) is 63.2 cm³/mol. The van der Waals surface area contributed by atoms with E-state index in [0.717, 1.165) is 24.3 Å². The molecule has 0 N–H and O–H groups in total. The van der Waals surface area contributed by atoms with Gasteiger partial charge in [-0.3, -0.25) is 5.01 Å². The molecule has 0 atom stereocenters. The van der Waals surface area contributed by atoms with Gasteiger partial charge in [0.05, 0.1) is 11.3 Å². The Labute approximate surface area is 98.7 Å². The third-order valence-electron chi connectivity index (χ3n) is 2.40. The van der Waals surface area contributed by atoms with E-state index in [1.54, 1.807) is 12.1 Å². The molecule has 0 amide bonds. The van der Waals surface area contributed by atoms with E-state index in [1.165, 1.54) is 12.1 Å². The van der Waals surface area contributed by atoms with Crippen molar-refractivity contribution in [1.82, 2.24) is 0 Å². The Morgan fingerprint density at radius 2 is 1.76 bits per heavy atom. The van der Waals surface area contributed by atoms with E-state index in [2.05, 4.69) is 5.10 Å². The van der Waals surface area contributed by atoms with Crippen molar-refractivity contribution in [2.45, 2.75) is 26.4 Å². The molecule has 0 saturated heterocycles. The first-order valence-electron chi connectivity index (χ1n) is 5.29. The molecule has 0 unspecified atom stereocenters. The van der Waals surface area contributed by atoms with Crippen molar-refractivity contribution >= 4 is 11.4 Å². The molecule has 0 fully saturated rings. The number of halogens is 3. The molecule has 0 heterocycles. The summed E-state index contributed by atoms with van der Waals surface area (Å²) in [5.41, 5.74) is 0.907. The summed E-state index contributed by atoms with van der Waals surface area (Å²) in [5, 5.41) is 5.79. The molecule has 1 aromatic rings. The number of hydrogen-bond donors (Lipinski definition) is 0. The minimum atomic E-state index is -4.29. The van der Waals surface area contributed by atoms with E-state index in [-0.39, 0.29) is 0 Å². The molecule has 0 bridgehead atoms. The zero-order valence-electron chi connectivity index (χ0n) is 10.0. The van der Waals surface area contributed by atoms with Crippen LogP contribution in [0.25, 0.3) is 0 Å². The van der Waals surface area contributed by atoms with Crippen LogP contribution in [0, 0.1) is 0 Å². The quantitative estimate of drug-likeness (QED) is 0.581. The lowest BCUT2D eigenvalue weighted by Gasteiger charge is -2.15. The van der Waals surface area contributed by atoms with Crippen molar-refractivity contribution in [3.05, 3.63) is 29.8 Å². The fraction of sp³-hybridized carbons (Fsp3) is 0.417. The lowest BCUT2D eigenvalue weighted by Crippen LogP contribution is -2.12. The van der Waals surface area contributed by atoms with E-state index in [0.29, 0.717) is 5.69 Å². The Bertz CT molecular complexity index is 393. The molecular formula is C12H15F3N2. The van der Waals surface area contributed by atoms with Crippen LogP contribution < -0.4 is 5.01 Å². The fourth-order valence-corrected chi connectivity index (χ4v) is 1.25. The van der Waals surface area contributed by atoms with Crippen LogP contribution in [-0.4, -0.2) is 12.8 Å². The summed E-state index contributed by atoms with van der Waals surface area (Å²) in [6.07, 6.45) is -3.48. The Kier molecular flexibility index (Phi) is 4.15. The van der Waals surface area contributed by atoms with Gasteiger partial charge in [0.2, 0.25) is 0 Å². The molecule has 2 nitrogen and oxygen atoms in total. The minimum absolute atomic E-state index is 0.630. The second-order valence-electron chi connectivity index (χ2n) is 3.76. The molecule has 0 aromatic heterocycles. The van der Waals surface area contributed by atoms with E-state index < -0.39 is 11.7 Å². The number of anilines is 1. The van der Waals surface area contributed by atoms with Crippen molar-refractivity contribution in [1.29, 1.82) is 0 Å². The van der Waals surface area contributed by atoms with Crippen molar-refractivity contribution < 1.29 is 13.2 Å². The van der Waals surface area contributed by atoms with Gasteiger partial charge in [0.25, 0.3) is 0 Å². The van der Waals surface area contributed by atoms with Gasteiger partial charge in [-0.15, -0.1) is 0 Å². The van der Waals surface area contributed by atoms with Crippen LogP contribution in [-0.2, 0) is 6.18 Å². The molecule has 17 heavy (non-hydrogen) atoms. The lowest BCUT2D eigenvalue weighted by molar-refractivity contribution is -0.137. The van der Waals surface area contributed by atoms with Crippen LogP contribution in [0.1, 0.15) is 25.8 Å². The zero-order chi connectivity index (χ0) is 13.1. The van der Waals surface area contributed by atoms with Gasteiger partial charge in [0, 0.05) is 12.8 Å². The first kappa shape index (κ1) is 13.5. The first-order chi connectivity index (χ1) is 7.84. The summed E-state index contributed by atoms with van der Waals surface area (Å²) >= 11 is 0. The highest BCUT2D eigenvalue weighted by atomic mass is 19.4. The Balaban J connectivity index is 2.88. The third kappa shape index (κ3) is 3.76. The fourth-order valence-electron chi connectivity index (χ4n) is 1.25. The molecule has 5 heteroatoms. The molecule has 94 valence electrons. The second kappa shape index (κ2) is 5.21. The van der Waals surface area contributed by atoms with Crippen LogP contribution >= 0.6 is 0 Å². The minimum Gasteiger partial charge on any atom is -0.269 e. The monoisotopic (exact) mass is 244 g/mol. The standard InChI is InChI=1S/C12H15F3N2/c1-4-9(2)16-17(3)11-7-5-10(6-8-11)12(13,14)15/h5-8H,4H2,1-3H3/b16-9-. The number of rotatable bonds is 3. The molecular weight excluding hydrogens is 229 g/mol. The van der Waals surface area contributed by atoms with E-state index >= 15 is 0 Å². The van der Waals surface area contributed by atoms with Gasteiger partial charge < -0.3 is 0 Å². The van der Waals surface area contributed by atoms with Gasteiger partial charge in [0.1, 0.15) is 0 Å². The highest BCUT2D eigenvalue weighted by Gasteiger charge is 2.30. The summed E-state index contributed by atoms with van der Waals surface area (Å²) in [6.45, 7) is 3.85. The number of hydrazone groups is 1. The van der Waals surface area contributed by atoms with Gasteiger partial charge in [-0.25, -0.2) is 0 Å². The highest BCUT2D eigenvalue weighted by molar-refractivity contribution is 5.82. The lowest BCUT2D eigenvalue weighted by atomic mass is 10.2. The average Bonchev–Trinajstić information content (AvgIpc) is 2.27. The molecule has 0 aliphatic carbocycles. The van der Waals surface area contributed by atoms with Crippen LogP contribution in [0.2, 0.25) is 0 Å². The average molecular weight is 244 g/mol. The van der Waals surface area contributed by atoms with Crippen molar-refractivity contribution in [2.75, 3.05) is 12.1 Å². The summed E-state index contributed by atoms with van der Waals surface area (Å²) in [6, 6.07) is 4.94. The topological polar surface area (TPSA) is 15.6 Å². The first-order valence-corrected chi connectivity index (χ1v) is 5.29. The van der Waals surface area contributed by atoms with Gasteiger partial charge in [-0.1, -0.05) is 6.92 Å². The Morgan fingerprint density at radius 3 is 2.18 bits per heavy atom. The molecule has 1 rings (SSSR count). The molecule has 0 spiro atoms. The Hall–Kier alpha value is -1.52. The number of benzene rings is 1. The zero-order valence-corrected chi connectivity index (χ0v) is 10.0. The van der Waals surface area contributed by atoms with Crippen molar-refractivity contribution in [3.8, 4) is 0 Å². The van der Waals surface area contributed by atoms with Gasteiger partial charge >= 0.3 is 6.18 Å². The van der Waals surface area contributed by atoms with Crippen molar-refractivity contribution in [3.63, 3.8) is 0 Å². The van der Waals surface area contributed by atoms with Gasteiger partial charge in [-0.2, -0.15) is 18.3 Å². The maximum absolute atomic E-state index is 12.3. The highest BCUT2D eigenvalue weighted by Crippen LogP contribution is 2.30. The molecule has 0 aliphatic rings. The number of hydrogen-bond acceptors (Lipinski definition) is 2.